The van der Waals surface area contributed by atoms with E-state index in [-0.39, 0.29) is 205 Å². The van der Waals surface area contributed by atoms with Crippen molar-refractivity contribution >= 4 is 89.4 Å². The second-order valence-corrected chi connectivity index (χ2v) is 40.8. The van der Waals surface area contributed by atoms with E-state index in [0.717, 1.165) is 158 Å². The number of ether oxygens (including phenoxy) is 5. The number of carbonyl (C=O) groups is 15. The molecule has 14 atom stereocenters. The van der Waals surface area contributed by atoms with E-state index in [2.05, 4.69) is 22.9 Å². The molecule has 37 nitrogen and oxygen atoms in total. The van der Waals surface area contributed by atoms with Crippen molar-refractivity contribution in [2.24, 2.45) is 0 Å². The molecule has 19 rings (SSSR count). The normalized spacial score (nSPS) is 27.9. The summed E-state index contributed by atoms with van der Waals surface area (Å²) in [4.78, 5) is 213. The molecule has 143 heavy (non-hydrogen) atoms. The van der Waals surface area contributed by atoms with Crippen LogP contribution in [0.3, 0.4) is 0 Å². The number of nitrogens with one attached hydrogen (secondary N) is 3. The molecule has 39 heteroatoms. The summed E-state index contributed by atoms with van der Waals surface area (Å²) < 4.78 is 27.8. The number of hydrogen-bond donors (Lipinski definition) is 4. The van der Waals surface area contributed by atoms with E-state index in [4.69, 9.17) is 23.7 Å². The van der Waals surface area contributed by atoms with Crippen LogP contribution in [0.5, 0.6) is 0 Å². The fourth-order valence-electron chi connectivity index (χ4n) is 23.1. The van der Waals surface area contributed by atoms with Crippen molar-refractivity contribution in [1.29, 1.82) is 0 Å². The van der Waals surface area contributed by atoms with Crippen LogP contribution in [0.4, 0.5) is 19.2 Å². The predicted molar refractivity (Wildman–Crippen MR) is 521 cm³/mol. The van der Waals surface area contributed by atoms with Crippen LogP contribution in [-0.2, 0) is 144 Å². The molecule has 15 aliphatic heterocycles. The predicted octanol–water partition coefficient (Wildman–Crippen LogP) is 8.03. The minimum absolute atomic E-state index is 0. The Morgan fingerprint density at radius 1 is 0.420 bits per heavy atom. The van der Waals surface area contributed by atoms with Gasteiger partial charge in [-0.3, -0.25) is 72.8 Å². The second kappa shape index (κ2) is 48.1. The Hall–Kier alpha value is -10.7. The van der Waals surface area contributed by atoms with Gasteiger partial charge < -0.3 is 103 Å². The van der Waals surface area contributed by atoms with Crippen molar-refractivity contribution in [3.05, 3.63) is 158 Å². The first-order valence-corrected chi connectivity index (χ1v) is 49.9. The zero-order valence-electron chi connectivity index (χ0n) is 84.4. The SMILES string of the molecule is CC1CCC2(CN(CC(=O)N3CCCC3)C2=O)N1.CC1CCC2(CN(CC(=O)N3CCCC3)C2=O)N1C(=O)OCc1ccccc1.CC1CCC2(CN(CC(=O)N3CCCC3)C2=O)N1C(=O)[C@@H](NC(=O)OCc1ccccc1)[C@@H](C)O.CC1CCC2(CN(CC(=O)N3CCCC3)C2=O)N1C(=O)[C@@H]1[C@@H](C)OC(C)(C)N1C(=O)OCc1ccccc1.CC1CCC2(CNC2=O)N1C(=O)OCc1ccccc1.[CH3-].[CH3-].[HH].[Pd].[Pd]. The van der Waals surface area contributed by atoms with Gasteiger partial charge >= 0.3 is 24.4 Å². The van der Waals surface area contributed by atoms with Crippen molar-refractivity contribution in [3.8, 4) is 0 Å². The van der Waals surface area contributed by atoms with Gasteiger partial charge in [-0.05, 0) is 200 Å². The molecule has 15 amide bonds. The maximum Gasteiger partial charge on any atom is 0.413 e. The maximum atomic E-state index is 14.2. The first-order chi connectivity index (χ1) is 66.5. The average molecular weight is 2170 g/mol. The van der Waals surface area contributed by atoms with Gasteiger partial charge in [0.25, 0.3) is 17.7 Å². The molecular weight excluding hydrogens is 2020 g/mol. The van der Waals surface area contributed by atoms with Crippen molar-refractivity contribution < 1.29 is 143 Å². The third-order valence-electron chi connectivity index (χ3n) is 30.7. The van der Waals surface area contributed by atoms with E-state index in [9.17, 15) is 77.0 Å². The van der Waals surface area contributed by atoms with Crippen LogP contribution in [-0.4, -0.2) is 357 Å². The van der Waals surface area contributed by atoms with Gasteiger partial charge in [-0.25, -0.2) is 19.2 Å². The zero-order valence-corrected chi connectivity index (χ0v) is 87.5. The largest absolute Gasteiger partial charge is 0.445 e. The molecule has 0 radical (unpaired) electrons. The first-order valence-electron chi connectivity index (χ1n) is 49.9. The van der Waals surface area contributed by atoms with Gasteiger partial charge in [0, 0.05) is 131 Å². The van der Waals surface area contributed by atoms with Crippen LogP contribution >= 0.6 is 0 Å². The minimum atomic E-state index is -1.26. The molecule has 4 aromatic carbocycles. The van der Waals surface area contributed by atoms with Gasteiger partial charge in [0.2, 0.25) is 47.3 Å². The second-order valence-electron chi connectivity index (χ2n) is 40.8. The maximum absolute atomic E-state index is 14.2. The van der Waals surface area contributed by atoms with E-state index in [1.165, 1.54) is 21.6 Å². The van der Waals surface area contributed by atoms with Crippen LogP contribution in [0.2, 0.25) is 0 Å². The monoisotopic (exact) mass is 2170 g/mol. The Balaban J connectivity index is 0.000000188. The summed E-state index contributed by atoms with van der Waals surface area (Å²) in [5, 5.41) is 18.9. The van der Waals surface area contributed by atoms with Gasteiger partial charge in [-0.15, -0.1) is 0 Å². The number of carbonyl (C=O) groups excluding carboxylic acids is 15. The first kappa shape index (κ1) is 113. The Morgan fingerprint density at radius 2 is 0.734 bits per heavy atom. The molecule has 4 N–H and O–H groups in total. The molecule has 15 heterocycles. The molecule has 0 aromatic heterocycles. The van der Waals surface area contributed by atoms with Gasteiger partial charge in [-0.2, -0.15) is 0 Å². The van der Waals surface area contributed by atoms with E-state index in [1.54, 1.807) is 60.0 Å². The molecule has 15 aliphatic rings. The summed E-state index contributed by atoms with van der Waals surface area (Å²) in [6, 6.07) is 35.3. The zero-order chi connectivity index (χ0) is 99.0. The summed E-state index contributed by atoms with van der Waals surface area (Å²) in [5.74, 6) is -1.33. The third-order valence-corrected chi connectivity index (χ3v) is 30.7. The fraction of sp³-hybridized carbons (Fsp3) is 0.606. The third kappa shape index (κ3) is 23.9. The van der Waals surface area contributed by atoms with Crippen LogP contribution < -0.4 is 16.0 Å². The Bertz CT molecular complexity index is 5180. The van der Waals surface area contributed by atoms with E-state index >= 15 is 0 Å². The van der Waals surface area contributed by atoms with Crippen LogP contribution in [0, 0.1) is 14.9 Å². The Kier molecular flexibility index (Phi) is 37.9. The van der Waals surface area contributed by atoms with Gasteiger partial charge in [0.1, 0.15) is 71.9 Å². The molecule has 790 valence electrons. The number of aliphatic hydroxyl groups excluding tert-OH is 1. The van der Waals surface area contributed by atoms with Crippen LogP contribution in [0.15, 0.2) is 121 Å². The van der Waals surface area contributed by atoms with Gasteiger partial charge in [0.05, 0.1) is 64.6 Å². The minimum Gasteiger partial charge on any atom is -0.445 e. The fourth-order valence-corrected chi connectivity index (χ4v) is 23.1. The number of likely N-dealkylation sites (tertiary alicyclic amines) is 12. The number of amides is 15. The van der Waals surface area contributed by atoms with Gasteiger partial charge in [0.15, 0.2) is 0 Å². The Morgan fingerprint density at radius 3 is 1.06 bits per heavy atom. The number of hydrogen-bond acceptors (Lipinski definition) is 22. The summed E-state index contributed by atoms with van der Waals surface area (Å²) in [7, 11) is 0. The summed E-state index contributed by atoms with van der Waals surface area (Å²) >= 11 is 0. The number of β-lactam (4-membered cyclic amide) rings is 5. The number of rotatable bonds is 20. The van der Waals surface area contributed by atoms with Crippen molar-refractivity contribution in [2.75, 3.05) is 111 Å². The molecule has 4 aromatic rings. The average Bonchev–Trinajstić information content (AvgIpc) is 1.54. The number of aliphatic hydroxyl groups is 1. The van der Waals surface area contributed by atoms with E-state index < -0.39 is 82.5 Å². The smallest absolute Gasteiger partial charge is 0.413 e. The van der Waals surface area contributed by atoms with Crippen molar-refractivity contribution in [3.63, 3.8) is 0 Å². The van der Waals surface area contributed by atoms with Crippen molar-refractivity contribution in [1.82, 2.24) is 79.6 Å². The molecule has 10 unspecified atom stereocenters. The van der Waals surface area contributed by atoms with E-state index in [0.29, 0.717) is 64.3 Å². The summed E-state index contributed by atoms with van der Waals surface area (Å²) in [6.45, 7) is 25.9. The molecule has 15 saturated heterocycles. The molecule has 0 bridgehead atoms. The number of nitrogens with zero attached hydrogens (tertiary/aromatic N) is 13. The Labute approximate surface area is 868 Å². The molecule has 0 aliphatic carbocycles. The topological polar surface area (TPSA) is 401 Å². The quantitative estimate of drug-likeness (QED) is 0.0281. The molecular formula is C104H146N16O21Pd2-2. The number of benzene rings is 4. The standard InChI is InChI=1S/C28H38N4O6.C25H34N4O6.C21H27N3O4.C15H18N2O3.C13H21N3O2.2CH3.2Pd.H2/c1-19-12-13-28(18-30(25(28)35)16-22(33)29-14-8-9-15-29)31(19)24(34)23-20(2)38-27(3,4)32(23)26(36)37-17-21-10-6-5-7-11-21;1-17-10-11-25(16-28(23(25)33)14-20(31)27-12-6-7-13-27)29(17)22(32)21(18(2)30)26-24(34)35-15-19-8-4-3-5-9-19;1-16-9-10-21(24(16)20(27)28-14-17-7-3-2-4-8-17)15-23(19(21)26)13-18(25)22-11-5-6-12-22;1-11-7-8-15(10-16-13(15)18)17(11)14(19)20-9-12-5-3-2-4-6-12;1-10-4-5-13(14-10)9-16(12(13)18)8-11(17)15-6-2-3-7-15;;;;;/h5-7,10-11,19-20,23H,8-9,12-18H2,1-4H3;3-5,8-9,17-18,21,30H,6-7,10-16H2,1-2H3,(H,26,34);2-4,7-8,16H,5-6,9-15H2,1H3;2-6,11H,7-10H2,1H3,(H,16,18);10,14H,2-9H2,1H3;2*1H3;;;1H/q;;;;;2*-1;;;/t19?,20-,23+,28?;17?,18-,21+,25?;;;;;;;;/m11......../s1. The molecule has 0 saturated carbocycles. The molecule has 5 spiro atoms. The summed E-state index contributed by atoms with van der Waals surface area (Å²) in [6.07, 6.45) is 11.4. The van der Waals surface area contributed by atoms with E-state index in [1.807, 2.05) is 159 Å². The summed E-state index contributed by atoms with van der Waals surface area (Å²) in [5.41, 5.74) is -1.42. The van der Waals surface area contributed by atoms with Crippen molar-refractivity contribution in [2.45, 2.75) is 292 Å². The van der Waals surface area contributed by atoms with Crippen LogP contribution in [0.25, 0.3) is 0 Å². The number of alkyl carbamates (subject to hydrolysis) is 1. The van der Waals surface area contributed by atoms with Crippen LogP contribution in [0.1, 0.15) is 202 Å². The van der Waals surface area contributed by atoms with Gasteiger partial charge in [-0.1, -0.05) is 121 Å². The molecule has 15 fully saturated rings.